The molecule has 8 heavy (non-hydrogen) atoms. The highest BCUT2D eigenvalue weighted by Gasteiger charge is 1.97. The van der Waals surface area contributed by atoms with Gasteiger partial charge in [0.1, 0.15) is 9.92 Å². The van der Waals surface area contributed by atoms with Crippen molar-refractivity contribution in [2.75, 3.05) is 0 Å². The van der Waals surface area contributed by atoms with Crippen molar-refractivity contribution in [2.45, 2.75) is 6.92 Å². The predicted octanol–water partition coefficient (Wildman–Crippen LogP) is 0.698. The Morgan fingerprint density at radius 3 is 2.38 bits per heavy atom. The van der Waals surface area contributed by atoms with Crippen LogP contribution in [-0.2, 0) is 9.92 Å². The zero-order valence-electron chi connectivity index (χ0n) is 4.42. The quantitative estimate of drug-likeness (QED) is 0.476. The molecular formula is C3H8N2OS2. The molecule has 0 fully saturated rings. The summed E-state index contributed by atoms with van der Waals surface area (Å²) in [6, 6.07) is 0. The fourth-order valence-corrected chi connectivity index (χ4v) is 0.525. The average molecular weight is 152 g/mol. The Morgan fingerprint density at radius 1 is 2.00 bits per heavy atom. The van der Waals surface area contributed by atoms with Crippen molar-refractivity contribution in [1.29, 1.82) is 4.78 Å². The van der Waals surface area contributed by atoms with Crippen LogP contribution in [0.4, 0.5) is 0 Å². The van der Waals surface area contributed by atoms with Gasteiger partial charge in [-0.05, 0) is 6.92 Å². The monoisotopic (exact) mass is 152 g/mol. The lowest BCUT2D eigenvalue weighted by Crippen LogP contribution is -2.08. The number of allylic oxidation sites excluding steroid dienone is 1. The highest BCUT2D eigenvalue weighted by Crippen LogP contribution is 2.04. The molecule has 0 aliphatic carbocycles. The second kappa shape index (κ2) is 2.52. The van der Waals surface area contributed by atoms with E-state index in [0.717, 1.165) is 0 Å². The molecule has 5 heteroatoms. The van der Waals surface area contributed by atoms with Gasteiger partial charge in [0.15, 0.2) is 0 Å². The normalized spacial score (nSPS) is 20.1. The largest absolute Gasteiger partial charge is 0.241 e. The topological polar surface area (TPSA) is 66.9 Å². The summed E-state index contributed by atoms with van der Waals surface area (Å²) < 4.78 is 17.2. The summed E-state index contributed by atoms with van der Waals surface area (Å²) in [5, 5.41) is 4.84. The van der Waals surface area contributed by atoms with E-state index in [0.29, 0.717) is 0 Å². The maximum atomic E-state index is 10.4. The van der Waals surface area contributed by atoms with Gasteiger partial charge in [-0.3, -0.25) is 0 Å². The summed E-state index contributed by atoms with van der Waals surface area (Å²) in [6.07, 6.45) is 1.44. The van der Waals surface area contributed by atoms with Gasteiger partial charge in [-0.1, -0.05) is 6.08 Å². The molecule has 1 atom stereocenters. The Labute approximate surface area is 54.5 Å². The smallest absolute Gasteiger partial charge is 0.137 e. The summed E-state index contributed by atoms with van der Waals surface area (Å²) in [7, 11) is -3.03. The minimum atomic E-state index is -3.03. The molecule has 0 aliphatic rings. The first-order chi connectivity index (χ1) is 3.48. The van der Waals surface area contributed by atoms with Crippen LogP contribution in [0.5, 0.6) is 0 Å². The zero-order valence-corrected chi connectivity index (χ0v) is 6.13. The maximum absolute atomic E-state index is 10.4. The van der Waals surface area contributed by atoms with Crippen LogP contribution < -0.4 is 5.14 Å². The number of thiol groups is 1. The number of rotatable bonds is 1. The molecule has 0 aromatic rings. The summed E-state index contributed by atoms with van der Waals surface area (Å²) in [6.45, 7) is 1.63. The Balaban J connectivity index is 4.55. The average Bonchev–Trinajstić information content (AvgIpc) is 1.62. The van der Waals surface area contributed by atoms with Gasteiger partial charge in [0, 0.05) is 0 Å². The molecule has 0 radical (unpaired) electrons. The second-order valence-electron chi connectivity index (χ2n) is 1.23. The van der Waals surface area contributed by atoms with Gasteiger partial charge in [0.05, 0.1) is 4.24 Å². The molecule has 0 heterocycles. The summed E-state index contributed by atoms with van der Waals surface area (Å²) in [5.41, 5.74) is 0. The van der Waals surface area contributed by atoms with Gasteiger partial charge in [-0.2, -0.15) is 0 Å². The first kappa shape index (κ1) is 8.00. The summed E-state index contributed by atoms with van der Waals surface area (Å²) in [4.78, 5) is 0. The minimum absolute atomic E-state index is 0.123. The van der Waals surface area contributed by atoms with E-state index in [4.69, 9.17) is 9.92 Å². The molecule has 0 saturated carbocycles. The molecular weight excluding hydrogens is 144 g/mol. The van der Waals surface area contributed by atoms with E-state index in [9.17, 15) is 4.21 Å². The zero-order chi connectivity index (χ0) is 6.78. The highest BCUT2D eigenvalue weighted by atomic mass is 32.2. The molecule has 0 aliphatic heterocycles. The van der Waals surface area contributed by atoms with Gasteiger partial charge in [0.25, 0.3) is 0 Å². The van der Waals surface area contributed by atoms with Gasteiger partial charge in [-0.25, -0.2) is 14.1 Å². The van der Waals surface area contributed by atoms with E-state index in [1.54, 1.807) is 6.92 Å². The van der Waals surface area contributed by atoms with Crippen molar-refractivity contribution >= 4 is 22.5 Å². The molecule has 0 spiro atoms. The molecule has 0 rings (SSSR count). The van der Waals surface area contributed by atoms with E-state index in [-0.39, 0.29) is 4.24 Å². The molecule has 0 amide bonds. The lowest BCUT2D eigenvalue weighted by molar-refractivity contribution is 0.681. The van der Waals surface area contributed by atoms with Gasteiger partial charge in [-0.15, -0.1) is 12.6 Å². The molecule has 0 aromatic carbocycles. The first-order valence-electron chi connectivity index (χ1n) is 1.90. The fraction of sp³-hybridized carbons (Fsp3) is 0.333. The van der Waals surface area contributed by atoms with Crippen LogP contribution in [0.3, 0.4) is 0 Å². The van der Waals surface area contributed by atoms with E-state index in [1.807, 2.05) is 0 Å². The molecule has 1 unspecified atom stereocenters. The Kier molecular flexibility index (Phi) is 2.52. The number of nitrogens with one attached hydrogen (secondary N) is 1. The third-order valence-corrected chi connectivity index (χ3v) is 2.49. The Morgan fingerprint density at radius 2 is 2.38 bits per heavy atom. The molecule has 3 nitrogen and oxygen atoms in total. The van der Waals surface area contributed by atoms with Crippen molar-refractivity contribution in [3.63, 3.8) is 0 Å². The maximum Gasteiger partial charge on any atom is 0.137 e. The van der Waals surface area contributed by atoms with Gasteiger partial charge < -0.3 is 0 Å². The van der Waals surface area contributed by atoms with Crippen LogP contribution in [0, 0.1) is 4.78 Å². The number of nitrogens with two attached hydrogens (primary N) is 1. The number of hydrogen-bond acceptors (Lipinski definition) is 3. The van der Waals surface area contributed by atoms with Crippen molar-refractivity contribution in [1.82, 2.24) is 0 Å². The Bertz CT molecular complexity index is 191. The van der Waals surface area contributed by atoms with Crippen LogP contribution in [0.1, 0.15) is 6.92 Å². The van der Waals surface area contributed by atoms with E-state index < -0.39 is 9.92 Å². The highest BCUT2D eigenvalue weighted by molar-refractivity contribution is 8.09. The first-order valence-corrected chi connectivity index (χ1v) is 3.97. The van der Waals surface area contributed by atoms with Crippen molar-refractivity contribution < 1.29 is 4.21 Å². The predicted molar refractivity (Wildman–Crippen MR) is 37.8 cm³/mol. The molecule has 0 saturated heterocycles. The van der Waals surface area contributed by atoms with Crippen LogP contribution in [0.2, 0.25) is 0 Å². The molecule has 48 valence electrons. The van der Waals surface area contributed by atoms with Crippen LogP contribution in [0.15, 0.2) is 10.3 Å². The second-order valence-corrected chi connectivity index (χ2v) is 3.65. The fourth-order valence-electron chi connectivity index (χ4n) is 0.175. The van der Waals surface area contributed by atoms with Gasteiger partial charge >= 0.3 is 0 Å². The Hall–Kier alpha value is -0.0000000000000000833. The van der Waals surface area contributed by atoms with Crippen molar-refractivity contribution in [2.24, 2.45) is 5.14 Å². The molecule has 3 N–H and O–H groups in total. The summed E-state index contributed by atoms with van der Waals surface area (Å²) >= 11 is 3.68. The third kappa shape index (κ3) is 2.34. The van der Waals surface area contributed by atoms with E-state index >= 15 is 0 Å². The standard InChI is InChI=1S/C3H8N2OS2/c1-2-3(7)8(4,5)6/h2,7H,1H3,(H3,4,5,6)/b3-2+. The van der Waals surface area contributed by atoms with E-state index in [2.05, 4.69) is 12.6 Å². The van der Waals surface area contributed by atoms with Crippen LogP contribution in [0.25, 0.3) is 0 Å². The van der Waals surface area contributed by atoms with Crippen molar-refractivity contribution in [3.8, 4) is 0 Å². The lowest BCUT2D eigenvalue weighted by Gasteiger charge is -1.94. The van der Waals surface area contributed by atoms with Gasteiger partial charge in [0.2, 0.25) is 0 Å². The van der Waals surface area contributed by atoms with Crippen LogP contribution >= 0.6 is 12.6 Å². The van der Waals surface area contributed by atoms with Crippen molar-refractivity contribution in [3.05, 3.63) is 10.3 Å². The molecule has 0 bridgehead atoms. The SMILES string of the molecule is C/C=C(\S)S(=N)(N)=O. The summed E-state index contributed by atoms with van der Waals surface area (Å²) in [5.74, 6) is 0. The minimum Gasteiger partial charge on any atom is -0.241 e. The number of hydrogen-bond donors (Lipinski definition) is 3. The third-order valence-electron chi connectivity index (χ3n) is 0.558. The van der Waals surface area contributed by atoms with E-state index in [1.165, 1.54) is 6.08 Å². The lowest BCUT2D eigenvalue weighted by atomic mass is 10.8. The molecule has 0 aromatic heterocycles. The van der Waals surface area contributed by atoms with Crippen LogP contribution in [-0.4, -0.2) is 4.21 Å².